The quantitative estimate of drug-likeness (QED) is 0.872. The van der Waals surface area contributed by atoms with Crippen molar-refractivity contribution < 1.29 is 13.5 Å². The van der Waals surface area contributed by atoms with Crippen molar-refractivity contribution in [1.29, 1.82) is 0 Å². The van der Waals surface area contributed by atoms with Gasteiger partial charge in [-0.3, -0.25) is 0 Å². The number of nitrogens with one attached hydrogen (secondary N) is 1. The predicted molar refractivity (Wildman–Crippen MR) is 67.3 cm³/mol. The summed E-state index contributed by atoms with van der Waals surface area (Å²) in [5, 5.41) is 10.7. The topological polar surface area (TPSA) is 47.0 Å². The zero-order chi connectivity index (χ0) is 13.5. The molecule has 2 rings (SSSR count). The van der Waals surface area contributed by atoms with Crippen LogP contribution < -0.4 is 10.1 Å². The number of nitrogens with zero attached hydrogens (tertiary/aromatic N) is 2. The first-order valence-electron chi connectivity index (χ1n) is 5.75. The monoisotopic (exact) mass is 265 g/mol. The van der Waals surface area contributed by atoms with Crippen molar-refractivity contribution in [3.8, 4) is 5.75 Å². The molecule has 0 aliphatic carbocycles. The molecule has 0 saturated carbocycles. The third-order valence-electron chi connectivity index (χ3n) is 2.35. The van der Waals surface area contributed by atoms with Crippen LogP contribution in [0.25, 0.3) is 0 Å². The van der Waals surface area contributed by atoms with Crippen LogP contribution in [0.5, 0.6) is 5.75 Å². The highest BCUT2D eigenvalue weighted by Gasteiger charge is 2.03. The van der Waals surface area contributed by atoms with Crippen LogP contribution in [0.3, 0.4) is 0 Å². The molecule has 19 heavy (non-hydrogen) atoms. The van der Waals surface area contributed by atoms with Crippen molar-refractivity contribution in [2.45, 2.75) is 13.0 Å². The summed E-state index contributed by atoms with van der Waals surface area (Å²) in [7, 11) is 0. The number of alkyl halides is 2. The average Bonchev–Trinajstić information content (AvgIpc) is 2.45. The minimum Gasteiger partial charge on any atom is -0.488 e. The maximum atomic E-state index is 12.0. The Morgan fingerprint density at radius 1 is 1.16 bits per heavy atom. The van der Waals surface area contributed by atoms with Gasteiger partial charge in [0.25, 0.3) is 6.43 Å². The molecular formula is C13H13F2N3O. The van der Waals surface area contributed by atoms with Gasteiger partial charge in [-0.05, 0) is 29.8 Å². The molecule has 0 bridgehead atoms. The third-order valence-corrected chi connectivity index (χ3v) is 2.35. The standard InChI is InChI=1S/C13H13F2N3O/c14-12(15)9-19-11-5-3-10(4-6-11)8-16-13-2-1-7-17-18-13/h1-7,12H,8-9H2,(H,16,18). The lowest BCUT2D eigenvalue weighted by molar-refractivity contribution is 0.0819. The minimum absolute atomic E-state index is 0.434. The summed E-state index contributed by atoms with van der Waals surface area (Å²) in [6.45, 7) is -0.00891. The van der Waals surface area contributed by atoms with Crippen LogP contribution in [0.1, 0.15) is 5.56 Å². The highest BCUT2D eigenvalue weighted by atomic mass is 19.3. The summed E-state index contributed by atoms with van der Waals surface area (Å²) in [6, 6.07) is 10.5. The van der Waals surface area contributed by atoms with Crippen molar-refractivity contribution in [3.63, 3.8) is 0 Å². The van der Waals surface area contributed by atoms with Gasteiger partial charge in [-0.15, -0.1) is 5.10 Å². The smallest absolute Gasteiger partial charge is 0.272 e. The Hall–Kier alpha value is -2.24. The molecule has 4 nitrogen and oxygen atoms in total. The molecule has 0 fully saturated rings. The summed E-state index contributed by atoms with van der Waals surface area (Å²) in [4.78, 5) is 0. The average molecular weight is 265 g/mol. The molecule has 1 heterocycles. The molecular weight excluding hydrogens is 252 g/mol. The normalized spacial score (nSPS) is 10.5. The van der Waals surface area contributed by atoms with Crippen molar-refractivity contribution in [3.05, 3.63) is 48.2 Å². The van der Waals surface area contributed by atoms with Crippen LogP contribution >= 0.6 is 0 Å². The number of anilines is 1. The van der Waals surface area contributed by atoms with Gasteiger partial charge in [0.2, 0.25) is 0 Å². The number of rotatable bonds is 6. The fourth-order valence-electron chi connectivity index (χ4n) is 1.45. The minimum atomic E-state index is -2.46. The molecule has 0 radical (unpaired) electrons. The maximum absolute atomic E-state index is 12.0. The number of halogens is 2. The van der Waals surface area contributed by atoms with Crippen LogP contribution in [0.15, 0.2) is 42.6 Å². The van der Waals surface area contributed by atoms with Crippen LogP contribution in [0, 0.1) is 0 Å². The number of hydrogen-bond donors (Lipinski definition) is 1. The van der Waals surface area contributed by atoms with Crippen molar-refractivity contribution in [2.75, 3.05) is 11.9 Å². The maximum Gasteiger partial charge on any atom is 0.272 e. The van der Waals surface area contributed by atoms with Crippen molar-refractivity contribution in [2.24, 2.45) is 0 Å². The van der Waals surface area contributed by atoms with E-state index in [1.807, 2.05) is 18.2 Å². The molecule has 0 amide bonds. The Morgan fingerprint density at radius 2 is 1.95 bits per heavy atom. The Kier molecular flexibility index (Phi) is 4.60. The molecule has 0 aliphatic heterocycles. The van der Waals surface area contributed by atoms with E-state index in [4.69, 9.17) is 4.74 Å². The molecule has 0 aliphatic rings. The van der Waals surface area contributed by atoms with Gasteiger partial charge in [0, 0.05) is 12.7 Å². The van der Waals surface area contributed by atoms with Gasteiger partial charge < -0.3 is 10.1 Å². The van der Waals surface area contributed by atoms with Crippen LogP contribution in [-0.4, -0.2) is 23.2 Å². The molecule has 0 atom stereocenters. The van der Waals surface area contributed by atoms with E-state index in [9.17, 15) is 8.78 Å². The Labute approximate surface area is 109 Å². The van der Waals surface area contributed by atoms with E-state index < -0.39 is 13.0 Å². The van der Waals surface area contributed by atoms with Gasteiger partial charge in [0.1, 0.15) is 18.2 Å². The largest absolute Gasteiger partial charge is 0.488 e. The second-order valence-electron chi connectivity index (χ2n) is 3.81. The molecule has 0 spiro atoms. The summed E-state index contributed by atoms with van der Waals surface area (Å²) >= 11 is 0. The zero-order valence-electron chi connectivity index (χ0n) is 10.1. The van der Waals surface area contributed by atoms with Crippen molar-refractivity contribution in [1.82, 2.24) is 10.2 Å². The first kappa shape index (κ1) is 13.2. The van der Waals surface area contributed by atoms with Crippen LogP contribution in [0.2, 0.25) is 0 Å². The first-order valence-corrected chi connectivity index (χ1v) is 5.75. The number of hydrogen-bond acceptors (Lipinski definition) is 4. The van der Waals surface area contributed by atoms with Gasteiger partial charge >= 0.3 is 0 Å². The van der Waals surface area contributed by atoms with Gasteiger partial charge in [0.05, 0.1) is 0 Å². The number of ether oxygens (including phenoxy) is 1. The Bertz CT molecular complexity index is 491. The lowest BCUT2D eigenvalue weighted by Gasteiger charge is -2.07. The van der Waals surface area contributed by atoms with E-state index in [1.165, 1.54) is 0 Å². The lowest BCUT2D eigenvalue weighted by Crippen LogP contribution is -2.07. The zero-order valence-corrected chi connectivity index (χ0v) is 10.1. The Balaban J connectivity index is 1.85. The van der Waals surface area contributed by atoms with E-state index in [0.717, 1.165) is 5.56 Å². The van der Waals surface area contributed by atoms with E-state index in [2.05, 4.69) is 15.5 Å². The van der Waals surface area contributed by atoms with Gasteiger partial charge in [-0.1, -0.05) is 12.1 Å². The van der Waals surface area contributed by atoms with E-state index in [1.54, 1.807) is 24.4 Å². The van der Waals surface area contributed by atoms with Crippen molar-refractivity contribution >= 4 is 5.82 Å². The first-order chi connectivity index (χ1) is 9.24. The number of aromatic nitrogens is 2. The van der Waals surface area contributed by atoms with Gasteiger partial charge in [-0.25, -0.2) is 8.78 Å². The number of benzene rings is 1. The second-order valence-corrected chi connectivity index (χ2v) is 3.81. The van der Waals surface area contributed by atoms with Crippen LogP contribution in [0.4, 0.5) is 14.6 Å². The molecule has 1 aromatic heterocycles. The lowest BCUT2D eigenvalue weighted by atomic mass is 10.2. The molecule has 0 unspecified atom stereocenters. The van der Waals surface area contributed by atoms with Gasteiger partial charge in [0.15, 0.2) is 0 Å². The SMILES string of the molecule is FC(F)COc1ccc(CNc2cccnn2)cc1. The van der Waals surface area contributed by atoms with Crippen LogP contribution in [-0.2, 0) is 6.54 Å². The molecule has 6 heteroatoms. The molecule has 1 N–H and O–H groups in total. The van der Waals surface area contributed by atoms with E-state index in [-0.39, 0.29) is 0 Å². The fourth-order valence-corrected chi connectivity index (χ4v) is 1.45. The summed E-state index contributed by atoms with van der Waals surface area (Å²) in [5.41, 5.74) is 0.995. The summed E-state index contributed by atoms with van der Waals surface area (Å²) < 4.78 is 28.8. The van der Waals surface area contributed by atoms with E-state index >= 15 is 0 Å². The molecule has 2 aromatic rings. The summed E-state index contributed by atoms with van der Waals surface area (Å²) in [5.74, 6) is 1.11. The summed E-state index contributed by atoms with van der Waals surface area (Å²) in [6.07, 6.45) is -0.863. The molecule has 1 aromatic carbocycles. The highest BCUT2D eigenvalue weighted by Crippen LogP contribution is 2.14. The molecule has 100 valence electrons. The Morgan fingerprint density at radius 3 is 2.58 bits per heavy atom. The fraction of sp³-hybridized carbons (Fsp3) is 0.231. The molecule has 0 saturated heterocycles. The third kappa shape index (κ3) is 4.50. The highest BCUT2D eigenvalue weighted by molar-refractivity contribution is 5.34. The van der Waals surface area contributed by atoms with Gasteiger partial charge in [-0.2, -0.15) is 5.10 Å². The second kappa shape index (κ2) is 6.63. The predicted octanol–water partition coefficient (Wildman–Crippen LogP) is 2.73. The van der Waals surface area contributed by atoms with E-state index in [0.29, 0.717) is 18.1 Å².